The molecule has 21 heavy (non-hydrogen) atoms. The zero-order valence-corrected chi connectivity index (χ0v) is 10.7. The third-order valence-corrected chi connectivity index (χ3v) is 2.33. The zero-order valence-electron chi connectivity index (χ0n) is 10.7. The Morgan fingerprint density at radius 2 is 1.52 bits per heavy atom. The second kappa shape index (κ2) is 6.20. The Labute approximate surface area is 116 Å². The summed E-state index contributed by atoms with van der Waals surface area (Å²) in [6.45, 7) is -0.423. The normalized spacial score (nSPS) is 13.4. The van der Waals surface area contributed by atoms with Crippen LogP contribution < -0.4 is 16.6 Å². The van der Waals surface area contributed by atoms with Gasteiger partial charge in [-0.1, -0.05) is 0 Å². The number of guanidine groups is 1. The Hall–Kier alpha value is -1.97. The number of nitrogens with two attached hydrogens (primary N) is 1. The van der Waals surface area contributed by atoms with Crippen LogP contribution in [0.2, 0.25) is 0 Å². The van der Waals surface area contributed by atoms with Gasteiger partial charge < -0.3 is 5.73 Å². The maximum Gasteiger partial charge on any atom is 0.416 e. The summed E-state index contributed by atoms with van der Waals surface area (Å²) in [7, 11) is 1.47. The van der Waals surface area contributed by atoms with Crippen molar-refractivity contribution in [2.45, 2.75) is 18.9 Å². The molecule has 0 radical (unpaired) electrons. The van der Waals surface area contributed by atoms with Crippen molar-refractivity contribution < 1.29 is 26.3 Å². The minimum Gasteiger partial charge on any atom is -0.369 e. The number of hydrogen-bond donors (Lipinski definition) is 3. The lowest BCUT2D eigenvalue weighted by atomic mass is 10.0. The molecule has 1 rings (SSSR count). The van der Waals surface area contributed by atoms with Crippen LogP contribution in [0, 0.1) is 0 Å². The van der Waals surface area contributed by atoms with Crippen molar-refractivity contribution >= 4 is 5.96 Å². The topological polar surface area (TPSA) is 62.4 Å². The summed E-state index contributed by atoms with van der Waals surface area (Å²) < 4.78 is 75.6. The predicted octanol–water partition coefficient (Wildman–Crippen LogP) is 2.26. The molecule has 0 saturated carbocycles. The van der Waals surface area contributed by atoms with Gasteiger partial charge in [0, 0.05) is 7.05 Å². The van der Waals surface area contributed by atoms with Crippen LogP contribution in [0.25, 0.3) is 0 Å². The van der Waals surface area contributed by atoms with Gasteiger partial charge in [0.15, 0.2) is 0 Å². The third kappa shape index (κ3) is 5.14. The van der Waals surface area contributed by atoms with Crippen LogP contribution in [0.4, 0.5) is 26.3 Å². The molecule has 0 aliphatic rings. The van der Waals surface area contributed by atoms with Crippen LogP contribution in [-0.2, 0) is 18.9 Å². The molecule has 0 unspecified atom stereocenters. The predicted molar refractivity (Wildman–Crippen MR) is 64.0 cm³/mol. The molecule has 1 aromatic rings. The smallest absolute Gasteiger partial charge is 0.369 e. The monoisotopic (exact) mass is 314 g/mol. The number of rotatable bonds is 3. The largest absolute Gasteiger partial charge is 0.416 e. The molecule has 0 bridgehead atoms. The van der Waals surface area contributed by atoms with E-state index < -0.39 is 30.0 Å². The Kier molecular flexibility index (Phi) is 5.05. The number of aliphatic imine (C=N–C) groups is 1. The van der Waals surface area contributed by atoms with Crippen molar-refractivity contribution in [2.24, 2.45) is 10.7 Å². The molecule has 1 aromatic carbocycles. The van der Waals surface area contributed by atoms with Gasteiger partial charge in [-0.3, -0.25) is 5.43 Å². The molecular weight excluding hydrogens is 302 g/mol. The summed E-state index contributed by atoms with van der Waals surface area (Å²) in [6.07, 6.45) is -9.76. The van der Waals surface area contributed by atoms with Gasteiger partial charge in [-0.25, -0.2) is 10.4 Å². The van der Waals surface area contributed by atoms with Crippen LogP contribution in [0.3, 0.4) is 0 Å². The quantitative estimate of drug-likeness (QED) is 0.347. The van der Waals surface area contributed by atoms with Crippen LogP contribution in [0.15, 0.2) is 23.2 Å². The van der Waals surface area contributed by atoms with E-state index in [4.69, 9.17) is 5.73 Å². The maximum atomic E-state index is 12.6. The first-order valence-electron chi connectivity index (χ1n) is 5.55. The van der Waals surface area contributed by atoms with Gasteiger partial charge in [-0.2, -0.15) is 26.3 Å². The summed E-state index contributed by atoms with van der Waals surface area (Å²) in [6, 6.07) is 1.26. The lowest BCUT2D eigenvalue weighted by Gasteiger charge is -2.13. The van der Waals surface area contributed by atoms with E-state index in [2.05, 4.69) is 15.8 Å². The van der Waals surface area contributed by atoms with Crippen molar-refractivity contribution in [3.63, 3.8) is 0 Å². The summed E-state index contributed by atoms with van der Waals surface area (Å²) in [4.78, 5) is 3.62. The molecular formula is C11H12F6N4. The van der Waals surface area contributed by atoms with E-state index in [9.17, 15) is 26.3 Å². The number of nitrogens with zero attached hydrogens (tertiary/aromatic N) is 1. The molecule has 0 aliphatic heterocycles. The van der Waals surface area contributed by atoms with E-state index in [0.29, 0.717) is 12.1 Å². The molecule has 0 aliphatic carbocycles. The fraction of sp³-hybridized carbons (Fsp3) is 0.364. The fourth-order valence-electron chi connectivity index (χ4n) is 1.45. The van der Waals surface area contributed by atoms with Gasteiger partial charge in [0.05, 0.1) is 17.7 Å². The van der Waals surface area contributed by atoms with Crippen molar-refractivity contribution in [3.8, 4) is 0 Å². The lowest BCUT2D eigenvalue weighted by Crippen LogP contribution is -2.40. The Morgan fingerprint density at radius 3 is 1.90 bits per heavy atom. The van der Waals surface area contributed by atoms with Crippen molar-refractivity contribution in [1.82, 2.24) is 10.9 Å². The number of alkyl halides is 6. The number of hydrazine groups is 1. The van der Waals surface area contributed by atoms with Gasteiger partial charge in [0.25, 0.3) is 0 Å². The molecule has 118 valence electrons. The van der Waals surface area contributed by atoms with Crippen LogP contribution in [-0.4, -0.2) is 13.0 Å². The number of benzene rings is 1. The molecule has 4 N–H and O–H groups in total. The SMILES string of the molecule is CNNC(N)=NCc1cc(C(F)(F)F)cc(C(F)(F)F)c1. The molecule has 4 nitrogen and oxygen atoms in total. The zero-order chi connectivity index (χ0) is 16.3. The summed E-state index contributed by atoms with van der Waals surface area (Å²) in [5, 5.41) is 0. The Morgan fingerprint density at radius 1 is 1.05 bits per heavy atom. The van der Waals surface area contributed by atoms with E-state index >= 15 is 0 Å². The second-order valence-electron chi connectivity index (χ2n) is 3.99. The number of nitrogens with one attached hydrogen (secondary N) is 2. The fourth-order valence-corrected chi connectivity index (χ4v) is 1.45. The second-order valence-corrected chi connectivity index (χ2v) is 3.99. The van der Waals surface area contributed by atoms with Crippen molar-refractivity contribution in [1.29, 1.82) is 0 Å². The highest BCUT2D eigenvalue weighted by atomic mass is 19.4. The number of halogens is 6. The third-order valence-electron chi connectivity index (χ3n) is 2.33. The summed E-state index contributed by atoms with van der Waals surface area (Å²) in [5.41, 5.74) is 7.03. The van der Waals surface area contributed by atoms with E-state index in [1.54, 1.807) is 0 Å². The van der Waals surface area contributed by atoms with Gasteiger partial charge in [0.1, 0.15) is 0 Å². The molecule has 0 aromatic heterocycles. The van der Waals surface area contributed by atoms with Crippen LogP contribution in [0.5, 0.6) is 0 Å². The molecule has 0 amide bonds. The van der Waals surface area contributed by atoms with Gasteiger partial charge in [0.2, 0.25) is 5.96 Å². The van der Waals surface area contributed by atoms with E-state index in [0.717, 1.165) is 0 Å². The first-order chi connectivity index (χ1) is 9.54. The highest BCUT2D eigenvalue weighted by Crippen LogP contribution is 2.36. The maximum absolute atomic E-state index is 12.6. The molecule has 0 heterocycles. The first kappa shape index (κ1) is 17.1. The summed E-state index contributed by atoms with van der Waals surface area (Å²) >= 11 is 0. The Bertz CT molecular complexity index is 488. The Balaban J connectivity index is 3.17. The minimum atomic E-state index is -4.88. The van der Waals surface area contributed by atoms with Gasteiger partial charge >= 0.3 is 12.4 Å². The minimum absolute atomic E-state index is 0.0580. The number of hydrogen-bond acceptors (Lipinski definition) is 2. The van der Waals surface area contributed by atoms with Gasteiger partial charge in [-0.15, -0.1) is 0 Å². The molecule has 0 fully saturated rings. The van der Waals surface area contributed by atoms with E-state index in [-0.39, 0.29) is 17.6 Å². The highest BCUT2D eigenvalue weighted by molar-refractivity contribution is 5.77. The molecule has 0 spiro atoms. The van der Waals surface area contributed by atoms with Crippen molar-refractivity contribution in [2.75, 3.05) is 7.05 Å². The molecule has 0 saturated heterocycles. The average molecular weight is 314 g/mol. The van der Waals surface area contributed by atoms with E-state index in [1.807, 2.05) is 0 Å². The lowest BCUT2D eigenvalue weighted by molar-refractivity contribution is -0.143. The average Bonchev–Trinajstić information content (AvgIpc) is 2.34. The van der Waals surface area contributed by atoms with Crippen LogP contribution >= 0.6 is 0 Å². The molecule has 0 atom stereocenters. The summed E-state index contributed by atoms with van der Waals surface area (Å²) in [5.74, 6) is -0.163. The first-order valence-corrected chi connectivity index (χ1v) is 5.55. The van der Waals surface area contributed by atoms with Gasteiger partial charge in [-0.05, 0) is 23.8 Å². The van der Waals surface area contributed by atoms with Crippen molar-refractivity contribution in [3.05, 3.63) is 34.9 Å². The standard InChI is InChI=1S/C11H12F6N4/c1-19-21-9(18)20-5-6-2-7(10(12,13)14)4-8(3-6)11(15,16)17/h2-4,19H,5H2,1H3,(H3,18,20,21). The molecule has 10 heteroatoms. The highest BCUT2D eigenvalue weighted by Gasteiger charge is 2.36. The van der Waals surface area contributed by atoms with E-state index in [1.165, 1.54) is 7.05 Å². The van der Waals surface area contributed by atoms with Crippen LogP contribution in [0.1, 0.15) is 16.7 Å².